The Balaban J connectivity index is 2.15. The summed E-state index contributed by atoms with van der Waals surface area (Å²) in [5.74, 6) is 0. The number of nitrogens with one attached hydrogen (secondary N) is 2. The first-order valence-corrected chi connectivity index (χ1v) is 9.43. The fraction of sp³-hybridized carbons (Fsp3) is 0.417. The lowest BCUT2D eigenvalue weighted by Crippen LogP contribution is -2.18. The third kappa shape index (κ3) is 3.78. The molecule has 0 aliphatic carbocycles. The molecule has 2 rings (SSSR count). The largest absolute Gasteiger partial charge is 0.312 e. The van der Waals surface area contributed by atoms with Crippen LogP contribution >= 0.6 is 22.7 Å². The number of thiophene rings is 1. The maximum Gasteiger partial charge on any atom is 0.264 e. The summed E-state index contributed by atoms with van der Waals surface area (Å²) in [6, 6.07) is 1.64. The predicted octanol–water partition coefficient (Wildman–Crippen LogP) is 2.81. The zero-order valence-electron chi connectivity index (χ0n) is 11.3. The topological polar surface area (TPSA) is 71.1 Å². The molecule has 0 spiro atoms. The lowest BCUT2D eigenvalue weighted by atomic mass is 10.4. The average Bonchev–Trinajstić information content (AvgIpc) is 2.99. The van der Waals surface area contributed by atoms with Crippen molar-refractivity contribution in [3.8, 4) is 0 Å². The zero-order valence-corrected chi connectivity index (χ0v) is 13.8. The van der Waals surface area contributed by atoms with Crippen molar-refractivity contribution in [3.05, 3.63) is 27.4 Å². The molecule has 0 aliphatic heterocycles. The smallest absolute Gasteiger partial charge is 0.264 e. The van der Waals surface area contributed by atoms with Crippen LogP contribution in [0.25, 0.3) is 0 Å². The summed E-state index contributed by atoms with van der Waals surface area (Å²) >= 11 is 2.77. The van der Waals surface area contributed by atoms with E-state index in [9.17, 15) is 8.42 Å². The SMILES string of the molecule is CCCNCc1sccc1S(=O)(=O)Nc1ncc(C)s1. The van der Waals surface area contributed by atoms with Crippen LogP contribution in [0.3, 0.4) is 0 Å². The van der Waals surface area contributed by atoms with Crippen LogP contribution in [0.1, 0.15) is 23.1 Å². The van der Waals surface area contributed by atoms with Crippen LogP contribution in [0, 0.1) is 6.92 Å². The van der Waals surface area contributed by atoms with Crippen LogP contribution < -0.4 is 10.0 Å². The first-order chi connectivity index (χ1) is 9.53. The number of rotatable bonds is 7. The third-order valence-electron chi connectivity index (χ3n) is 2.55. The van der Waals surface area contributed by atoms with E-state index in [1.165, 1.54) is 22.7 Å². The van der Waals surface area contributed by atoms with Gasteiger partial charge in [-0.25, -0.2) is 13.4 Å². The molecule has 0 atom stereocenters. The van der Waals surface area contributed by atoms with Gasteiger partial charge in [0.05, 0.1) is 0 Å². The molecule has 20 heavy (non-hydrogen) atoms. The molecule has 2 aromatic rings. The standard InChI is InChI=1S/C12H17N3O2S3/c1-3-5-13-8-10-11(4-6-18-10)20(16,17)15-12-14-7-9(2)19-12/h4,6-7,13H,3,5,8H2,1-2H3,(H,14,15). The van der Waals surface area contributed by atoms with Gasteiger partial charge in [0, 0.05) is 22.5 Å². The van der Waals surface area contributed by atoms with Crippen LogP contribution in [0.15, 0.2) is 22.5 Å². The van der Waals surface area contributed by atoms with E-state index in [0.717, 1.165) is 22.7 Å². The van der Waals surface area contributed by atoms with Gasteiger partial charge in [0.2, 0.25) is 0 Å². The molecule has 0 aromatic carbocycles. The Bertz CT molecular complexity index is 661. The molecular formula is C12H17N3O2S3. The summed E-state index contributed by atoms with van der Waals surface area (Å²) in [6.07, 6.45) is 2.67. The second kappa shape index (κ2) is 6.66. The summed E-state index contributed by atoms with van der Waals surface area (Å²) in [4.78, 5) is 6.15. The quantitative estimate of drug-likeness (QED) is 0.765. The normalized spacial score (nSPS) is 11.7. The van der Waals surface area contributed by atoms with E-state index in [2.05, 4.69) is 21.9 Å². The third-order valence-corrected chi connectivity index (χ3v) is 5.98. The van der Waals surface area contributed by atoms with Gasteiger partial charge in [-0.05, 0) is 31.3 Å². The van der Waals surface area contributed by atoms with Crippen molar-refractivity contribution in [1.29, 1.82) is 0 Å². The Labute approximate surface area is 127 Å². The van der Waals surface area contributed by atoms with E-state index in [1.54, 1.807) is 17.6 Å². The molecule has 8 heteroatoms. The summed E-state index contributed by atoms with van der Waals surface area (Å²) < 4.78 is 27.3. The molecular weight excluding hydrogens is 314 g/mol. The van der Waals surface area contributed by atoms with Gasteiger partial charge in [0.25, 0.3) is 10.0 Å². The van der Waals surface area contributed by atoms with Crippen LogP contribution in [0.4, 0.5) is 5.13 Å². The van der Waals surface area contributed by atoms with Crippen LogP contribution in [-0.4, -0.2) is 19.9 Å². The number of hydrogen-bond acceptors (Lipinski definition) is 6. The molecule has 2 N–H and O–H groups in total. The average molecular weight is 331 g/mol. The van der Waals surface area contributed by atoms with E-state index in [1.807, 2.05) is 6.92 Å². The van der Waals surface area contributed by atoms with Crippen LogP contribution in [-0.2, 0) is 16.6 Å². The van der Waals surface area contributed by atoms with Gasteiger partial charge < -0.3 is 5.32 Å². The maximum absolute atomic E-state index is 12.4. The first-order valence-electron chi connectivity index (χ1n) is 6.25. The van der Waals surface area contributed by atoms with Crippen molar-refractivity contribution in [3.63, 3.8) is 0 Å². The van der Waals surface area contributed by atoms with Crippen molar-refractivity contribution >= 4 is 37.8 Å². The minimum atomic E-state index is -3.56. The van der Waals surface area contributed by atoms with Crippen LogP contribution in [0.2, 0.25) is 0 Å². The molecule has 0 fully saturated rings. The Morgan fingerprint density at radius 2 is 2.20 bits per heavy atom. The van der Waals surface area contributed by atoms with E-state index in [-0.39, 0.29) is 0 Å². The van der Waals surface area contributed by atoms with Gasteiger partial charge >= 0.3 is 0 Å². The number of sulfonamides is 1. The van der Waals surface area contributed by atoms with Gasteiger partial charge in [-0.2, -0.15) is 0 Å². The molecule has 5 nitrogen and oxygen atoms in total. The minimum absolute atomic E-state index is 0.332. The van der Waals surface area contributed by atoms with Crippen LogP contribution in [0.5, 0.6) is 0 Å². The highest BCUT2D eigenvalue weighted by Gasteiger charge is 2.20. The molecule has 110 valence electrons. The van der Waals surface area contributed by atoms with Gasteiger partial charge in [-0.1, -0.05) is 6.92 Å². The van der Waals surface area contributed by atoms with Crippen molar-refractivity contribution in [2.24, 2.45) is 0 Å². The molecule has 0 bridgehead atoms. The Morgan fingerprint density at radius 3 is 2.85 bits per heavy atom. The number of hydrogen-bond donors (Lipinski definition) is 2. The zero-order chi connectivity index (χ0) is 14.6. The highest BCUT2D eigenvalue weighted by atomic mass is 32.2. The van der Waals surface area contributed by atoms with E-state index < -0.39 is 10.0 Å². The van der Waals surface area contributed by atoms with Crippen molar-refractivity contribution in [2.75, 3.05) is 11.3 Å². The molecule has 0 aliphatic rings. The Morgan fingerprint density at radius 1 is 1.40 bits per heavy atom. The summed E-state index contributed by atoms with van der Waals surface area (Å²) in [5.41, 5.74) is 0. The van der Waals surface area contributed by atoms with Crippen molar-refractivity contribution in [1.82, 2.24) is 10.3 Å². The molecule has 0 saturated heterocycles. The Kier molecular flexibility index (Phi) is 5.14. The van der Waals surface area contributed by atoms with E-state index >= 15 is 0 Å². The first kappa shape index (κ1) is 15.4. The summed E-state index contributed by atoms with van der Waals surface area (Å²) in [6.45, 7) is 5.40. The fourth-order valence-electron chi connectivity index (χ4n) is 1.65. The number of aromatic nitrogens is 1. The Hall–Kier alpha value is -0.960. The summed E-state index contributed by atoms with van der Waals surface area (Å²) in [5, 5.41) is 5.42. The number of aryl methyl sites for hydroxylation is 1. The van der Waals surface area contributed by atoms with E-state index in [4.69, 9.17) is 0 Å². The fourth-order valence-corrected chi connectivity index (χ4v) is 4.97. The second-order valence-corrected chi connectivity index (χ2v) is 8.15. The minimum Gasteiger partial charge on any atom is -0.312 e. The molecule has 2 aromatic heterocycles. The summed E-state index contributed by atoms with van der Waals surface area (Å²) in [7, 11) is -3.56. The number of thiazole rings is 1. The number of anilines is 1. The monoisotopic (exact) mass is 331 g/mol. The van der Waals surface area contributed by atoms with Crippen molar-refractivity contribution < 1.29 is 8.42 Å². The van der Waals surface area contributed by atoms with Gasteiger partial charge in [0.15, 0.2) is 5.13 Å². The van der Waals surface area contributed by atoms with Crippen molar-refractivity contribution in [2.45, 2.75) is 31.7 Å². The number of nitrogens with zero attached hydrogens (tertiary/aromatic N) is 1. The highest BCUT2D eigenvalue weighted by Crippen LogP contribution is 2.26. The molecule has 0 radical (unpaired) electrons. The second-order valence-electron chi connectivity index (χ2n) is 4.27. The van der Waals surface area contributed by atoms with Gasteiger partial charge in [-0.3, -0.25) is 4.72 Å². The lowest BCUT2D eigenvalue weighted by Gasteiger charge is -2.07. The molecule has 0 unspecified atom stereocenters. The molecule has 0 saturated carbocycles. The van der Waals surface area contributed by atoms with E-state index in [0.29, 0.717) is 16.6 Å². The van der Waals surface area contributed by atoms with Gasteiger partial charge in [-0.15, -0.1) is 22.7 Å². The highest BCUT2D eigenvalue weighted by molar-refractivity contribution is 7.93. The van der Waals surface area contributed by atoms with Gasteiger partial charge in [0.1, 0.15) is 4.90 Å². The predicted molar refractivity (Wildman–Crippen MR) is 84.0 cm³/mol. The maximum atomic E-state index is 12.4. The molecule has 0 amide bonds. The lowest BCUT2D eigenvalue weighted by molar-refractivity contribution is 0.599. The molecule has 2 heterocycles.